The molecule has 2 unspecified atom stereocenters. The van der Waals surface area contributed by atoms with Crippen molar-refractivity contribution in [1.82, 2.24) is 10.2 Å². The average molecular weight is 226 g/mol. The fraction of sp³-hybridized carbons (Fsp3) is 1.00. The number of ether oxygens (including phenoxy) is 1. The van der Waals surface area contributed by atoms with Gasteiger partial charge in [0.2, 0.25) is 0 Å². The van der Waals surface area contributed by atoms with Gasteiger partial charge >= 0.3 is 0 Å². The second kappa shape index (κ2) is 5.99. The molecule has 1 N–H and O–H groups in total. The molecule has 2 aliphatic rings. The molecule has 1 aliphatic heterocycles. The lowest BCUT2D eigenvalue weighted by Gasteiger charge is -2.29. The molecule has 3 heteroatoms. The Kier molecular flexibility index (Phi) is 4.62. The van der Waals surface area contributed by atoms with Gasteiger partial charge in [0.1, 0.15) is 0 Å². The molecule has 1 saturated heterocycles. The molecule has 16 heavy (non-hydrogen) atoms. The molecule has 0 radical (unpaired) electrons. The summed E-state index contributed by atoms with van der Waals surface area (Å²) in [6.45, 7) is 6.90. The van der Waals surface area contributed by atoms with Crippen LogP contribution in [0.1, 0.15) is 32.6 Å². The van der Waals surface area contributed by atoms with E-state index in [9.17, 15) is 0 Å². The molecular weight excluding hydrogens is 200 g/mol. The predicted octanol–water partition coefficient (Wildman–Crippen LogP) is 1.49. The average Bonchev–Trinajstić information content (AvgIpc) is 3.08. The highest BCUT2D eigenvalue weighted by molar-refractivity contribution is 4.91. The second-order valence-corrected chi connectivity index (χ2v) is 5.38. The number of nitrogens with zero attached hydrogens (tertiary/aromatic N) is 1. The standard InChI is InChI=1S/C13H26N2O/c1-11-6-7-14-13(12-4-5-12)10-15(11)8-3-9-16-2/h11-14H,3-10H2,1-2H3. The Hall–Kier alpha value is -0.120. The van der Waals surface area contributed by atoms with E-state index in [0.717, 1.165) is 31.0 Å². The van der Waals surface area contributed by atoms with Crippen molar-refractivity contribution in [3.8, 4) is 0 Å². The van der Waals surface area contributed by atoms with Crippen LogP contribution in [0.2, 0.25) is 0 Å². The Bertz CT molecular complexity index is 206. The molecule has 2 fully saturated rings. The quantitative estimate of drug-likeness (QED) is 0.719. The maximum atomic E-state index is 5.14. The smallest absolute Gasteiger partial charge is 0.0474 e. The summed E-state index contributed by atoms with van der Waals surface area (Å²) in [5.74, 6) is 0.968. The van der Waals surface area contributed by atoms with Crippen molar-refractivity contribution in [1.29, 1.82) is 0 Å². The van der Waals surface area contributed by atoms with Crippen LogP contribution >= 0.6 is 0 Å². The molecule has 94 valence electrons. The molecule has 2 atom stereocenters. The van der Waals surface area contributed by atoms with E-state index in [1.807, 2.05) is 0 Å². The fourth-order valence-corrected chi connectivity index (χ4v) is 2.70. The van der Waals surface area contributed by atoms with Gasteiger partial charge in [-0.25, -0.2) is 0 Å². The molecular formula is C13H26N2O. The van der Waals surface area contributed by atoms with Gasteiger partial charge in [-0.1, -0.05) is 0 Å². The van der Waals surface area contributed by atoms with Gasteiger partial charge in [-0.2, -0.15) is 0 Å². The second-order valence-electron chi connectivity index (χ2n) is 5.38. The largest absolute Gasteiger partial charge is 0.385 e. The van der Waals surface area contributed by atoms with E-state index in [1.165, 1.54) is 38.9 Å². The van der Waals surface area contributed by atoms with Crippen LogP contribution in [0.4, 0.5) is 0 Å². The lowest BCUT2D eigenvalue weighted by molar-refractivity contribution is 0.150. The zero-order valence-electron chi connectivity index (χ0n) is 10.7. The van der Waals surface area contributed by atoms with Gasteiger partial charge in [-0.05, 0) is 45.1 Å². The van der Waals surface area contributed by atoms with Gasteiger partial charge < -0.3 is 10.1 Å². The number of hydrogen-bond donors (Lipinski definition) is 1. The summed E-state index contributed by atoms with van der Waals surface area (Å²) in [5, 5.41) is 3.72. The Morgan fingerprint density at radius 2 is 2.12 bits per heavy atom. The zero-order valence-corrected chi connectivity index (χ0v) is 10.7. The van der Waals surface area contributed by atoms with Gasteiger partial charge in [0.15, 0.2) is 0 Å². The third-order valence-electron chi connectivity index (χ3n) is 4.01. The van der Waals surface area contributed by atoms with Crippen LogP contribution in [0.5, 0.6) is 0 Å². The van der Waals surface area contributed by atoms with E-state index in [0.29, 0.717) is 0 Å². The minimum absolute atomic E-state index is 0.730. The Morgan fingerprint density at radius 3 is 2.81 bits per heavy atom. The van der Waals surface area contributed by atoms with Crippen molar-refractivity contribution in [2.75, 3.05) is 33.4 Å². The van der Waals surface area contributed by atoms with Gasteiger partial charge in [-0.3, -0.25) is 4.90 Å². The minimum atomic E-state index is 0.730. The van der Waals surface area contributed by atoms with Crippen molar-refractivity contribution in [2.24, 2.45) is 5.92 Å². The molecule has 3 nitrogen and oxygen atoms in total. The predicted molar refractivity (Wildman–Crippen MR) is 66.7 cm³/mol. The van der Waals surface area contributed by atoms with Crippen LogP contribution in [0.25, 0.3) is 0 Å². The molecule has 1 heterocycles. The number of hydrogen-bond acceptors (Lipinski definition) is 3. The van der Waals surface area contributed by atoms with Crippen molar-refractivity contribution < 1.29 is 4.74 Å². The summed E-state index contributed by atoms with van der Waals surface area (Å²) in [6.07, 6.45) is 5.34. The maximum Gasteiger partial charge on any atom is 0.0474 e. The molecule has 0 spiro atoms. The first-order chi connectivity index (χ1) is 7.81. The van der Waals surface area contributed by atoms with Crippen LogP contribution in [-0.4, -0.2) is 50.3 Å². The third kappa shape index (κ3) is 3.44. The van der Waals surface area contributed by atoms with Crippen molar-refractivity contribution in [3.05, 3.63) is 0 Å². The van der Waals surface area contributed by atoms with Crippen LogP contribution in [0.15, 0.2) is 0 Å². The summed E-state index contributed by atoms with van der Waals surface area (Å²) >= 11 is 0. The van der Waals surface area contributed by atoms with Gasteiger partial charge in [-0.15, -0.1) is 0 Å². The van der Waals surface area contributed by atoms with E-state index in [-0.39, 0.29) is 0 Å². The minimum Gasteiger partial charge on any atom is -0.385 e. The highest BCUT2D eigenvalue weighted by Crippen LogP contribution is 2.34. The van der Waals surface area contributed by atoms with Crippen molar-refractivity contribution >= 4 is 0 Å². The van der Waals surface area contributed by atoms with Gasteiger partial charge in [0.25, 0.3) is 0 Å². The summed E-state index contributed by atoms with van der Waals surface area (Å²) in [4.78, 5) is 2.65. The van der Waals surface area contributed by atoms with Crippen LogP contribution in [-0.2, 0) is 4.74 Å². The molecule has 0 aromatic heterocycles. The number of methoxy groups -OCH3 is 1. The van der Waals surface area contributed by atoms with Gasteiger partial charge in [0, 0.05) is 38.9 Å². The summed E-state index contributed by atoms with van der Waals surface area (Å²) in [5.41, 5.74) is 0. The molecule has 0 aromatic carbocycles. The van der Waals surface area contributed by atoms with Crippen molar-refractivity contribution in [2.45, 2.75) is 44.7 Å². The summed E-state index contributed by atoms with van der Waals surface area (Å²) < 4.78 is 5.14. The van der Waals surface area contributed by atoms with E-state index in [2.05, 4.69) is 17.1 Å². The van der Waals surface area contributed by atoms with Crippen LogP contribution < -0.4 is 5.32 Å². The number of nitrogens with one attached hydrogen (secondary N) is 1. The molecule has 2 rings (SSSR count). The van der Waals surface area contributed by atoms with E-state index in [1.54, 1.807) is 7.11 Å². The fourth-order valence-electron chi connectivity index (χ4n) is 2.70. The molecule has 0 bridgehead atoms. The van der Waals surface area contributed by atoms with Crippen LogP contribution in [0.3, 0.4) is 0 Å². The maximum absolute atomic E-state index is 5.14. The highest BCUT2D eigenvalue weighted by Gasteiger charge is 2.34. The zero-order chi connectivity index (χ0) is 11.4. The first-order valence-corrected chi connectivity index (χ1v) is 6.77. The molecule has 0 amide bonds. The monoisotopic (exact) mass is 226 g/mol. The van der Waals surface area contributed by atoms with Gasteiger partial charge in [0.05, 0.1) is 0 Å². The molecule has 1 aliphatic carbocycles. The van der Waals surface area contributed by atoms with Crippen molar-refractivity contribution in [3.63, 3.8) is 0 Å². The Labute approximate surface area is 99.5 Å². The van der Waals surface area contributed by atoms with E-state index < -0.39 is 0 Å². The normalized spacial score (nSPS) is 32.6. The third-order valence-corrected chi connectivity index (χ3v) is 4.01. The summed E-state index contributed by atoms with van der Waals surface area (Å²) in [6, 6.07) is 1.49. The lowest BCUT2D eigenvalue weighted by atomic mass is 10.1. The first-order valence-electron chi connectivity index (χ1n) is 6.77. The first kappa shape index (κ1) is 12.3. The topological polar surface area (TPSA) is 24.5 Å². The highest BCUT2D eigenvalue weighted by atomic mass is 16.5. The number of rotatable bonds is 5. The molecule has 1 saturated carbocycles. The Balaban J connectivity index is 1.80. The summed E-state index contributed by atoms with van der Waals surface area (Å²) in [7, 11) is 1.79. The SMILES string of the molecule is COCCCN1CC(C2CC2)NCCC1C. The van der Waals surface area contributed by atoms with E-state index >= 15 is 0 Å². The Morgan fingerprint density at radius 1 is 1.31 bits per heavy atom. The lowest BCUT2D eigenvalue weighted by Crippen LogP contribution is -2.41. The van der Waals surface area contributed by atoms with Crippen LogP contribution in [0, 0.1) is 5.92 Å². The molecule has 0 aromatic rings. The van der Waals surface area contributed by atoms with E-state index in [4.69, 9.17) is 4.74 Å².